The Morgan fingerprint density at radius 3 is 2.58 bits per heavy atom. The van der Waals surface area contributed by atoms with E-state index in [-0.39, 0.29) is 0 Å². The fourth-order valence-corrected chi connectivity index (χ4v) is 3.71. The van der Waals surface area contributed by atoms with Gasteiger partial charge in [0, 0.05) is 24.2 Å². The van der Waals surface area contributed by atoms with Crippen LogP contribution in [0.1, 0.15) is 21.3 Å². The summed E-state index contributed by atoms with van der Waals surface area (Å²) in [5.41, 5.74) is 3.37. The second-order valence-electron chi connectivity index (χ2n) is 4.31. The monoisotopic (exact) mass is 287 g/mol. The Kier molecular flexibility index (Phi) is 3.40. The molecule has 19 heavy (non-hydrogen) atoms. The molecule has 0 spiro atoms. The third-order valence-electron chi connectivity index (χ3n) is 2.79. The Balaban J connectivity index is 1.86. The molecule has 0 aromatic carbocycles. The summed E-state index contributed by atoms with van der Waals surface area (Å²) in [5, 5.41) is 4.35. The van der Waals surface area contributed by atoms with Gasteiger partial charge in [0.05, 0.1) is 26.3 Å². The van der Waals surface area contributed by atoms with Gasteiger partial charge in [-0.05, 0) is 31.5 Å². The highest BCUT2D eigenvalue weighted by molar-refractivity contribution is 7.15. The fraction of sp³-hybridized carbons (Fsp3) is 0.214. The van der Waals surface area contributed by atoms with Crippen LogP contribution < -0.4 is 0 Å². The SMILES string of the molecule is Cc1nc(C)c(-c2csc(Cc3ccncc3)n2)s1. The quantitative estimate of drug-likeness (QED) is 0.734. The number of thiazole rings is 2. The molecule has 0 fully saturated rings. The normalized spacial score (nSPS) is 10.8. The molecule has 0 saturated heterocycles. The predicted octanol–water partition coefficient (Wildman–Crippen LogP) is 3.87. The van der Waals surface area contributed by atoms with E-state index < -0.39 is 0 Å². The average molecular weight is 287 g/mol. The summed E-state index contributed by atoms with van der Waals surface area (Å²) in [6.45, 7) is 4.08. The Morgan fingerprint density at radius 1 is 1.11 bits per heavy atom. The standard InChI is InChI=1S/C14H13N3S2/c1-9-14(19-10(2)16-9)12-8-18-13(17-12)7-11-3-5-15-6-4-11/h3-6,8H,7H2,1-2H3. The first-order valence-corrected chi connectivity index (χ1v) is 7.69. The number of aryl methyl sites for hydroxylation is 2. The second kappa shape index (κ2) is 5.19. The fourth-order valence-electron chi connectivity index (χ4n) is 1.94. The van der Waals surface area contributed by atoms with Crippen LogP contribution in [0.15, 0.2) is 29.9 Å². The first-order chi connectivity index (χ1) is 9.22. The van der Waals surface area contributed by atoms with Crippen molar-refractivity contribution in [2.24, 2.45) is 0 Å². The zero-order chi connectivity index (χ0) is 13.2. The van der Waals surface area contributed by atoms with E-state index in [0.717, 1.165) is 27.8 Å². The van der Waals surface area contributed by atoms with E-state index in [9.17, 15) is 0 Å². The minimum atomic E-state index is 0.865. The molecule has 3 heterocycles. The van der Waals surface area contributed by atoms with Crippen molar-refractivity contribution < 1.29 is 0 Å². The van der Waals surface area contributed by atoms with Gasteiger partial charge in [-0.2, -0.15) is 0 Å². The van der Waals surface area contributed by atoms with Gasteiger partial charge in [-0.15, -0.1) is 22.7 Å². The highest BCUT2D eigenvalue weighted by Crippen LogP contribution is 2.30. The van der Waals surface area contributed by atoms with Gasteiger partial charge in [-0.1, -0.05) is 0 Å². The average Bonchev–Trinajstić information content (AvgIpc) is 2.97. The molecule has 3 aromatic heterocycles. The number of aromatic nitrogens is 3. The zero-order valence-corrected chi connectivity index (χ0v) is 12.4. The van der Waals surface area contributed by atoms with Crippen LogP contribution in [-0.4, -0.2) is 15.0 Å². The van der Waals surface area contributed by atoms with E-state index in [1.807, 2.05) is 38.4 Å². The van der Waals surface area contributed by atoms with Gasteiger partial charge in [0.25, 0.3) is 0 Å². The van der Waals surface area contributed by atoms with E-state index >= 15 is 0 Å². The van der Waals surface area contributed by atoms with Gasteiger partial charge in [0.1, 0.15) is 0 Å². The van der Waals surface area contributed by atoms with E-state index in [1.165, 1.54) is 10.4 Å². The van der Waals surface area contributed by atoms with Crippen LogP contribution in [0.4, 0.5) is 0 Å². The van der Waals surface area contributed by atoms with Gasteiger partial charge >= 0.3 is 0 Å². The molecule has 0 unspecified atom stereocenters. The molecule has 0 bridgehead atoms. The molecule has 0 atom stereocenters. The van der Waals surface area contributed by atoms with E-state index in [2.05, 4.69) is 15.3 Å². The summed E-state index contributed by atoms with van der Waals surface area (Å²) in [7, 11) is 0. The molecule has 0 saturated carbocycles. The van der Waals surface area contributed by atoms with Crippen LogP contribution in [0.5, 0.6) is 0 Å². The molecule has 3 rings (SSSR count). The van der Waals surface area contributed by atoms with Crippen molar-refractivity contribution in [2.75, 3.05) is 0 Å². The molecule has 0 aliphatic carbocycles. The lowest BCUT2D eigenvalue weighted by Crippen LogP contribution is -1.87. The topological polar surface area (TPSA) is 38.7 Å². The lowest BCUT2D eigenvalue weighted by atomic mass is 10.2. The second-order valence-corrected chi connectivity index (χ2v) is 6.45. The smallest absolute Gasteiger partial charge is 0.0976 e. The number of rotatable bonds is 3. The summed E-state index contributed by atoms with van der Waals surface area (Å²) in [5.74, 6) is 0. The number of hydrogen-bond donors (Lipinski definition) is 0. The van der Waals surface area contributed by atoms with Gasteiger partial charge < -0.3 is 0 Å². The first kappa shape index (κ1) is 12.4. The maximum Gasteiger partial charge on any atom is 0.0976 e. The van der Waals surface area contributed by atoms with Gasteiger partial charge in [0.2, 0.25) is 0 Å². The van der Waals surface area contributed by atoms with Crippen molar-refractivity contribution in [3.8, 4) is 10.6 Å². The van der Waals surface area contributed by atoms with E-state index in [1.54, 1.807) is 22.7 Å². The number of nitrogens with zero attached hydrogens (tertiary/aromatic N) is 3. The van der Waals surface area contributed by atoms with Crippen LogP contribution in [0.25, 0.3) is 10.6 Å². The Morgan fingerprint density at radius 2 is 1.89 bits per heavy atom. The van der Waals surface area contributed by atoms with Gasteiger partial charge in [0.15, 0.2) is 0 Å². The molecule has 0 radical (unpaired) electrons. The number of hydrogen-bond acceptors (Lipinski definition) is 5. The van der Waals surface area contributed by atoms with Crippen molar-refractivity contribution in [2.45, 2.75) is 20.3 Å². The number of pyridine rings is 1. The molecule has 0 amide bonds. The zero-order valence-electron chi connectivity index (χ0n) is 10.8. The maximum absolute atomic E-state index is 4.72. The first-order valence-electron chi connectivity index (χ1n) is 6.00. The highest BCUT2D eigenvalue weighted by Gasteiger charge is 2.11. The van der Waals surface area contributed by atoms with Crippen LogP contribution in [-0.2, 0) is 6.42 Å². The highest BCUT2D eigenvalue weighted by atomic mass is 32.1. The third kappa shape index (κ3) is 2.72. The molecule has 0 N–H and O–H groups in total. The minimum Gasteiger partial charge on any atom is -0.265 e. The van der Waals surface area contributed by atoms with Crippen molar-refractivity contribution in [3.63, 3.8) is 0 Å². The van der Waals surface area contributed by atoms with Crippen molar-refractivity contribution in [3.05, 3.63) is 51.2 Å². The molecule has 0 aliphatic rings. The molecule has 0 aliphatic heterocycles. The largest absolute Gasteiger partial charge is 0.265 e. The summed E-state index contributed by atoms with van der Waals surface area (Å²) in [6, 6.07) is 4.06. The predicted molar refractivity (Wildman–Crippen MR) is 79.7 cm³/mol. The molecule has 3 aromatic rings. The molecule has 5 heteroatoms. The van der Waals surface area contributed by atoms with Crippen molar-refractivity contribution in [1.29, 1.82) is 0 Å². The minimum absolute atomic E-state index is 0.865. The molecular formula is C14H13N3S2. The van der Waals surface area contributed by atoms with E-state index in [0.29, 0.717) is 0 Å². The Hall–Kier alpha value is -1.59. The summed E-state index contributed by atoms with van der Waals surface area (Å²) < 4.78 is 0. The Labute approximate surface area is 120 Å². The van der Waals surface area contributed by atoms with Crippen LogP contribution in [0.2, 0.25) is 0 Å². The van der Waals surface area contributed by atoms with Gasteiger partial charge in [-0.25, -0.2) is 9.97 Å². The van der Waals surface area contributed by atoms with E-state index in [4.69, 9.17) is 4.98 Å². The van der Waals surface area contributed by atoms with Crippen LogP contribution in [0.3, 0.4) is 0 Å². The molecule has 96 valence electrons. The maximum atomic E-state index is 4.72. The molecular weight excluding hydrogens is 274 g/mol. The van der Waals surface area contributed by atoms with Crippen LogP contribution >= 0.6 is 22.7 Å². The molecule has 3 nitrogen and oxygen atoms in total. The van der Waals surface area contributed by atoms with Crippen LogP contribution in [0, 0.1) is 13.8 Å². The summed E-state index contributed by atoms with van der Waals surface area (Å²) in [4.78, 5) is 14.4. The van der Waals surface area contributed by atoms with Crippen molar-refractivity contribution in [1.82, 2.24) is 15.0 Å². The Bertz CT molecular complexity index is 686. The lowest BCUT2D eigenvalue weighted by Gasteiger charge is -1.96. The third-order valence-corrected chi connectivity index (χ3v) is 4.74. The van der Waals surface area contributed by atoms with Crippen molar-refractivity contribution >= 4 is 22.7 Å². The van der Waals surface area contributed by atoms with Gasteiger partial charge in [-0.3, -0.25) is 4.98 Å². The summed E-state index contributed by atoms with van der Waals surface area (Å²) >= 11 is 3.41. The lowest BCUT2D eigenvalue weighted by molar-refractivity contribution is 1.12. The summed E-state index contributed by atoms with van der Waals surface area (Å²) in [6.07, 6.45) is 4.51.